The van der Waals surface area contributed by atoms with Gasteiger partial charge in [0.2, 0.25) is 0 Å². The summed E-state index contributed by atoms with van der Waals surface area (Å²) < 4.78 is 34.2. The van der Waals surface area contributed by atoms with Crippen molar-refractivity contribution in [3.63, 3.8) is 0 Å². The van der Waals surface area contributed by atoms with Crippen molar-refractivity contribution in [2.75, 3.05) is 47.5 Å². The summed E-state index contributed by atoms with van der Waals surface area (Å²) in [5.41, 5.74) is 0. The van der Waals surface area contributed by atoms with Crippen LogP contribution in [0.1, 0.15) is 271 Å². The third kappa shape index (κ3) is 62.1. The molecular formula is C68H120NO8P. The van der Waals surface area contributed by atoms with Gasteiger partial charge in [-0.1, -0.05) is 259 Å². The minimum atomic E-state index is -4.64. The summed E-state index contributed by atoms with van der Waals surface area (Å²) in [7, 11) is 1.16. The molecule has 0 aliphatic carbocycles. The van der Waals surface area contributed by atoms with Crippen LogP contribution in [-0.2, 0) is 32.7 Å². The van der Waals surface area contributed by atoms with E-state index in [-0.39, 0.29) is 26.1 Å². The van der Waals surface area contributed by atoms with E-state index >= 15 is 0 Å². The second-order valence-electron chi connectivity index (χ2n) is 22.4. The molecule has 0 amide bonds. The molecule has 0 spiro atoms. The zero-order valence-electron chi connectivity index (χ0n) is 51.1. The molecule has 0 aliphatic rings. The van der Waals surface area contributed by atoms with E-state index in [1.165, 1.54) is 135 Å². The average Bonchev–Trinajstić information content (AvgIpc) is 3.41. The van der Waals surface area contributed by atoms with Gasteiger partial charge >= 0.3 is 11.9 Å². The lowest BCUT2D eigenvalue weighted by Crippen LogP contribution is -2.37. The predicted octanol–water partition coefficient (Wildman–Crippen LogP) is 19.7. The third-order valence-corrected chi connectivity index (χ3v) is 14.6. The van der Waals surface area contributed by atoms with Crippen molar-refractivity contribution in [3.8, 4) is 0 Å². The van der Waals surface area contributed by atoms with E-state index in [0.29, 0.717) is 23.9 Å². The van der Waals surface area contributed by atoms with Gasteiger partial charge in [0.05, 0.1) is 27.7 Å². The van der Waals surface area contributed by atoms with E-state index in [2.05, 4.69) is 111 Å². The first kappa shape index (κ1) is 74.9. The first-order chi connectivity index (χ1) is 38.0. The number of phosphoric ester groups is 1. The fourth-order valence-electron chi connectivity index (χ4n) is 8.69. The van der Waals surface area contributed by atoms with Crippen molar-refractivity contribution in [2.24, 2.45) is 0 Å². The van der Waals surface area contributed by atoms with Crippen LogP contribution in [0, 0.1) is 0 Å². The first-order valence-electron chi connectivity index (χ1n) is 31.9. The number of phosphoric acid groups is 1. The molecule has 0 N–H and O–H groups in total. The second-order valence-corrected chi connectivity index (χ2v) is 23.8. The topological polar surface area (TPSA) is 111 Å². The third-order valence-electron chi connectivity index (χ3n) is 13.6. The Morgan fingerprint density at radius 2 is 0.731 bits per heavy atom. The van der Waals surface area contributed by atoms with Crippen molar-refractivity contribution in [1.82, 2.24) is 0 Å². The molecule has 0 bridgehead atoms. The number of nitrogens with zero attached hydrogens (tertiary/aromatic N) is 1. The zero-order chi connectivity index (χ0) is 57.0. The molecule has 10 heteroatoms. The van der Waals surface area contributed by atoms with Gasteiger partial charge in [0.15, 0.2) is 6.10 Å². The molecule has 0 saturated carbocycles. The van der Waals surface area contributed by atoms with E-state index in [0.717, 1.165) is 96.3 Å². The lowest BCUT2D eigenvalue weighted by atomic mass is 10.0. The Labute approximate surface area is 481 Å². The van der Waals surface area contributed by atoms with Crippen LogP contribution >= 0.6 is 7.82 Å². The summed E-state index contributed by atoms with van der Waals surface area (Å²) in [4.78, 5) is 37.9. The Morgan fingerprint density at radius 1 is 0.410 bits per heavy atom. The van der Waals surface area contributed by atoms with Gasteiger partial charge in [-0.05, 0) is 96.3 Å². The summed E-state index contributed by atoms with van der Waals surface area (Å²) in [5, 5.41) is 0. The number of rotatable bonds is 58. The lowest BCUT2D eigenvalue weighted by Gasteiger charge is -2.28. The van der Waals surface area contributed by atoms with Gasteiger partial charge in [0.25, 0.3) is 7.82 Å². The maximum absolute atomic E-state index is 12.8. The number of unbranched alkanes of at least 4 members (excludes halogenated alkanes) is 28. The fourth-order valence-corrected chi connectivity index (χ4v) is 9.42. The Morgan fingerprint density at radius 3 is 1.09 bits per heavy atom. The highest BCUT2D eigenvalue weighted by Gasteiger charge is 2.22. The number of carbonyl (C=O) groups excluding carboxylic acids is 2. The van der Waals surface area contributed by atoms with E-state index in [9.17, 15) is 19.0 Å². The highest BCUT2D eigenvalue weighted by molar-refractivity contribution is 7.45. The van der Waals surface area contributed by atoms with E-state index in [4.69, 9.17) is 18.5 Å². The van der Waals surface area contributed by atoms with Gasteiger partial charge < -0.3 is 27.9 Å². The molecule has 0 rings (SSSR count). The van der Waals surface area contributed by atoms with Crippen LogP contribution in [0.4, 0.5) is 0 Å². The van der Waals surface area contributed by atoms with Crippen LogP contribution in [0.5, 0.6) is 0 Å². The number of hydrogen-bond acceptors (Lipinski definition) is 8. The van der Waals surface area contributed by atoms with Gasteiger partial charge in [-0.15, -0.1) is 0 Å². The predicted molar refractivity (Wildman–Crippen MR) is 332 cm³/mol. The second kappa shape index (κ2) is 58.6. The monoisotopic (exact) mass is 1110 g/mol. The standard InChI is InChI=1S/C68H120NO8P/c1-6-8-10-12-14-16-18-20-22-23-24-25-26-27-28-29-30-31-32-33-34-35-36-37-38-39-40-41-42-43-44-45-47-49-51-53-55-57-59-61-68(71)77-66(65-76-78(72,73)75-63-62-69(3,4)5)64-74-67(70)60-58-56-54-52-50-48-46-21-19-17-15-13-11-9-7-2/h8,10,14-17,20-22,24-25,27-28,30-31,46,66H,6-7,9,11-13,18-19,23,26,29,32-45,47-65H2,1-5H3/b10-8-,16-14-,17-15-,22-20-,25-24-,28-27-,31-30-,46-21-. The van der Waals surface area contributed by atoms with E-state index in [1.54, 1.807) is 0 Å². The van der Waals surface area contributed by atoms with Crippen LogP contribution in [-0.4, -0.2) is 70.0 Å². The number of ether oxygens (including phenoxy) is 2. The molecule has 0 radical (unpaired) electrons. The van der Waals surface area contributed by atoms with Gasteiger partial charge in [0, 0.05) is 12.8 Å². The summed E-state index contributed by atoms with van der Waals surface area (Å²) in [6.07, 6.45) is 80.5. The van der Waals surface area contributed by atoms with Crippen LogP contribution in [0.25, 0.3) is 0 Å². The number of likely N-dealkylation sites (N-methyl/N-ethyl adjacent to an activating group) is 1. The van der Waals surface area contributed by atoms with Gasteiger partial charge in [-0.25, -0.2) is 0 Å². The summed E-state index contributed by atoms with van der Waals surface area (Å²) in [5.74, 6) is -0.844. The normalized spacial score (nSPS) is 13.9. The Kier molecular flexibility index (Phi) is 56.3. The maximum atomic E-state index is 12.8. The molecule has 0 heterocycles. The Bertz CT molecular complexity index is 1640. The number of carbonyl (C=O) groups is 2. The van der Waals surface area contributed by atoms with Crippen molar-refractivity contribution < 1.29 is 42.1 Å². The van der Waals surface area contributed by atoms with Crippen molar-refractivity contribution in [2.45, 2.75) is 277 Å². The Balaban J connectivity index is 3.97. The van der Waals surface area contributed by atoms with Crippen LogP contribution in [0.15, 0.2) is 97.2 Å². The highest BCUT2D eigenvalue weighted by Crippen LogP contribution is 2.38. The molecule has 0 aromatic rings. The molecule has 9 nitrogen and oxygen atoms in total. The molecule has 2 unspecified atom stereocenters. The van der Waals surface area contributed by atoms with Crippen molar-refractivity contribution >= 4 is 19.8 Å². The van der Waals surface area contributed by atoms with Crippen LogP contribution in [0.2, 0.25) is 0 Å². The summed E-state index contributed by atoms with van der Waals surface area (Å²) in [6.45, 7) is 4.09. The van der Waals surface area contributed by atoms with Gasteiger partial charge in [-0.3, -0.25) is 14.2 Å². The number of hydrogen-bond donors (Lipinski definition) is 0. The molecule has 2 atom stereocenters. The smallest absolute Gasteiger partial charge is 0.306 e. The lowest BCUT2D eigenvalue weighted by molar-refractivity contribution is -0.870. The van der Waals surface area contributed by atoms with E-state index in [1.807, 2.05) is 21.1 Å². The Hall–Kier alpha value is -3.07. The van der Waals surface area contributed by atoms with Crippen molar-refractivity contribution in [1.29, 1.82) is 0 Å². The number of allylic oxidation sites excluding steroid dienone is 16. The molecule has 0 aliphatic heterocycles. The van der Waals surface area contributed by atoms with Crippen LogP contribution in [0.3, 0.4) is 0 Å². The van der Waals surface area contributed by atoms with Crippen LogP contribution < -0.4 is 4.89 Å². The van der Waals surface area contributed by atoms with Gasteiger partial charge in [0.1, 0.15) is 19.8 Å². The molecule has 0 aromatic heterocycles. The largest absolute Gasteiger partial charge is 0.756 e. The molecule has 450 valence electrons. The number of esters is 2. The SMILES string of the molecule is CC/C=C\C/C=C\C/C=C\C/C=C\C/C=C\C/C=C\CCCCCCCCCCCCCCCCCCCCCCC(=O)OC(COC(=O)CCCCCCC/C=C\C/C=C\CCCCC)COP(=O)([O-])OCC[N+](C)(C)C. The summed E-state index contributed by atoms with van der Waals surface area (Å²) in [6, 6.07) is 0. The molecule has 0 saturated heterocycles. The maximum Gasteiger partial charge on any atom is 0.306 e. The summed E-state index contributed by atoms with van der Waals surface area (Å²) >= 11 is 0. The van der Waals surface area contributed by atoms with Gasteiger partial charge in [-0.2, -0.15) is 0 Å². The van der Waals surface area contributed by atoms with E-state index < -0.39 is 32.5 Å². The minimum absolute atomic E-state index is 0.0349. The average molecular weight is 1110 g/mol. The van der Waals surface area contributed by atoms with Crippen molar-refractivity contribution in [3.05, 3.63) is 97.2 Å². The number of quaternary nitrogens is 1. The first-order valence-corrected chi connectivity index (χ1v) is 33.4. The molecular weight excluding hydrogens is 990 g/mol. The minimum Gasteiger partial charge on any atom is -0.756 e. The molecule has 78 heavy (non-hydrogen) atoms. The molecule has 0 fully saturated rings. The zero-order valence-corrected chi connectivity index (χ0v) is 52.0. The fraction of sp³-hybridized carbons (Fsp3) is 0.735. The quantitative estimate of drug-likeness (QED) is 0.0195. The highest BCUT2D eigenvalue weighted by atomic mass is 31.2. The molecule has 0 aromatic carbocycles.